The number of rotatable bonds is 0. The largest absolute Gasteiger partial charge is 0.289 e. The van der Waals surface area contributed by atoms with Crippen molar-refractivity contribution in [1.29, 1.82) is 5.26 Å². The molecule has 0 amide bonds. The molecule has 1 aliphatic rings. The highest BCUT2D eigenvalue weighted by molar-refractivity contribution is 5.07. The number of likely N-dealkylation sites (tertiary alicyclic amines) is 1. The van der Waals surface area contributed by atoms with Gasteiger partial charge in [0.1, 0.15) is 5.54 Å². The maximum absolute atomic E-state index is 8.70. The van der Waals surface area contributed by atoms with Crippen LogP contribution in [0.2, 0.25) is 0 Å². The lowest BCUT2D eigenvalue weighted by Gasteiger charge is -2.23. The average molecular weight is 124 g/mol. The molecule has 0 N–H and O–H groups in total. The molecule has 0 aliphatic carbocycles. The van der Waals surface area contributed by atoms with E-state index in [9.17, 15) is 0 Å². The Morgan fingerprint density at radius 1 is 1.67 bits per heavy atom. The monoisotopic (exact) mass is 124 g/mol. The van der Waals surface area contributed by atoms with Crippen molar-refractivity contribution in [2.24, 2.45) is 0 Å². The molecule has 0 aromatic rings. The van der Waals surface area contributed by atoms with Crippen LogP contribution >= 0.6 is 0 Å². The molecule has 9 heavy (non-hydrogen) atoms. The zero-order chi connectivity index (χ0) is 6.91. The van der Waals surface area contributed by atoms with E-state index >= 15 is 0 Å². The second-order valence-corrected chi connectivity index (χ2v) is 2.91. The van der Waals surface area contributed by atoms with Crippen molar-refractivity contribution in [2.75, 3.05) is 13.6 Å². The van der Waals surface area contributed by atoms with Gasteiger partial charge in [-0.25, -0.2) is 0 Å². The van der Waals surface area contributed by atoms with Gasteiger partial charge in [-0.15, -0.1) is 0 Å². The third-order valence-corrected chi connectivity index (χ3v) is 2.24. The first-order chi connectivity index (χ1) is 4.19. The van der Waals surface area contributed by atoms with E-state index in [1.807, 2.05) is 14.0 Å². The summed E-state index contributed by atoms with van der Waals surface area (Å²) in [5.74, 6) is 0. The fourth-order valence-corrected chi connectivity index (χ4v) is 1.24. The van der Waals surface area contributed by atoms with Crippen LogP contribution in [0.1, 0.15) is 19.8 Å². The Kier molecular flexibility index (Phi) is 1.46. The summed E-state index contributed by atoms with van der Waals surface area (Å²) in [4.78, 5) is 2.12. The topological polar surface area (TPSA) is 27.0 Å². The predicted octanol–water partition coefficient (Wildman–Crippen LogP) is 0.994. The fraction of sp³-hybridized carbons (Fsp3) is 0.857. The molecule has 0 radical (unpaired) electrons. The van der Waals surface area contributed by atoms with Crippen LogP contribution in [-0.4, -0.2) is 24.0 Å². The van der Waals surface area contributed by atoms with Gasteiger partial charge in [-0.1, -0.05) is 0 Å². The van der Waals surface area contributed by atoms with Crippen molar-refractivity contribution >= 4 is 0 Å². The van der Waals surface area contributed by atoms with E-state index < -0.39 is 0 Å². The van der Waals surface area contributed by atoms with Gasteiger partial charge in [0.25, 0.3) is 0 Å². The summed E-state index contributed by atoms with van der Waals surface area (Å²) < 4.78 is 0. The third kappa shape index (κ3) is 0.927. The molecule has 1 unspecified atom stereocenters. The first kappa shape index (κ1) is 6.57. The lowest BCUT2D eigenvalue weighted by molar-refractivity contribution is 0.259. The van der Waals surface area contributed by atoms with E-state index in [0.717, 1.165) is 13.0 Å². The van der Waals surface area contributed by atoms with Crippen molar-refractivity contribution < 1.29 is 0 Å². The maximum atomic E-state index is 8.70. The zero-order valence-electron chi connectivity index (χ0n) is 6.02. The summed E-state index contributed by atoms with van der Waals surface area (Å²) in [6, 6.07) is 2.32. The van der Waals surface area contributed by atoms with Crippen LogP contribution in [-0.2, 0) is 0 Å². The second kappa shape index (κ2) is 2.00. The van der Waals surface area contributed by atoms with Crippen LogP contribution in [0.3, 0.4) is 0 Å². The SMILES string of the molecule is CN1CCCC1(C)C#N. The molecular formula is C7H12N2. The average Bonchev–Trinajstić information content (AvgIpc) is 2.15. The molecule has 1 aliphatic heterocycles. The summed E-state index contributed by atoms with van der Waals surface area (Å²) >= 11 is 0. The molecule has 0 saturated carbocycles. The smallest absolute Gasteiger partial charge is 0.106 e. The van der Waals surface area contributed by atoms with Crippen molar-refractivity contribution in [3.05, 3.63) is 0 Å². The maximum Gasteiger partial charge on any atom is 0.106 e. The first-order valence-corrected chi connectivity index (χ1v) is 3.31. The highest BCUT2D eigenvalue weighted by Gasteiger charge is 2.33. The van der Waals surface area contributed by atoms with Crippen molar-refractivity contribution in [3.63, 3.8) is 0 Å². The molecular weight excluding hydrogens is 112 g/mol. The lowest BCUT2D eigenvalue weighted by atomic mass is 10.0. The fourth-order valence-electron chi connectivity index (χ4n) is 1.24. The molecule has 50 valence electrons. The van der Waals surface area contributed by atoms with Crippen LogP contribution in [0.5, 0.6) is 0 Å². The van der Waals surface area contributed by atoms with E-state index in [1.165, 1.54) is 6.42 Å². The van der Waals surface area contributed by atoms with Crippen LogP contribution in [0.4, 0.5) is 0 Å². The molecule has 0 bridgehead atoms. The predicted molar refractivity (Wildman–Crippen MR) is 35.9 cm³/mol. The highest BCUT2D eigenvalue weighted by atomic mass is 15.2. The molecule has 0 spiro atoms. The van der Waals surface area contributed by atoms with Gasteiger partial charge in [-0.05, 0) is 33.4 Å². The van der Waals surface area contributed by atoms with Gasteiger partial charge in [-0.3, -0.25) is 4.90 Å². The summed E-state index contributed by atoms with van der Waals surface area (Å²) in [5.41, 5.74) is -0.167. The standard InChI is InChI=1S/C7H12N2/c1-7(6-8)4-3-5-9(7)2/h3-5H2,1-2H3. The van der Waals surface area contributed by atoms with Crippen LogP contribution in [0, 0.1) is 11.3 Å². The Morgan fingerprint density at radius 2 is 2.33 bits per heavy atom. The van der Waals surface area contributed by atoms with Crippen molar-refractivity contribution in [1.82, 2.24) is 4.90 Å². The Labute approximate surface area is 56.1 Å². The van der Waals surface area contributed by atoms with Crippen molar-refractivity contribution in [2.45, 2.75) is 25.3 Å². The Morgan fingerprint density at radius 3 is 2.56 bits per heavy atom. The normalized spacial score (nSPS) is 36.6. The van der Waals surface area contributed by atoms with Gasteiger partial charge in [0.05, 0.1) is 6.07 Å². The molecule has 1 heterocycles. The summed E-state index contributed by atoms with van der Waals surface area (Å²) in [6.07, 6.45) is 2.19. The lowest BCUT2D eigenvalue weighted by Crippen LogP contribution is -2.36. The Hall–Kier alpha value is -0.550. The zero-order valence-corrected chi connectivity index (χ0v) is 6.02. The molecule has 1 fully saturated rings. The van der Waals surface area contributed by atoms with Gasteiger partial charge >= 0.3 is 0 Å². The molecule has 1 rings (SSSR count). The van der Waals surface area contributed by atoms with Crippen LogP contribution < -0.4 is 0 Å². The molecule has 2 heteroatoms. The number of nitrogens with zero attached hydrogens (tertiary/aromatic N) is 2. The Balaban J connectivity index is 2.70. The van der Waals surface area contributed by atoms with Gasteiger partial charge in [0.15, 0.2) is 0 Å². The minimum absolute atomic E-state index is 0.167. The van der Waals surface area contributed by atoms with Crippen LogP contribution in [0.15, 0.2) is 0 Å². The van der Waals surface area contributed by atoms with Gasteiger partial charge in [0, 0.05) is 0 Å². The number of hydrogen-bond donors (Lipinski definition) is 0. The third-order valence-electron chi connectivity index (χ3n) is 2.24. The number of hydrogen-bond acceptors (Lipinski definition) is 2. The van der Waals surface area contributed by atoms with Gasteiger partial charge in [-0.2, -0.15) is 5.26 Å². The molecule has 1 saturated heterocycles. The second-order valence-electron chi connectivity index (χ2n) is 2.91. The van der Waals surface area contributed by atoms with Crippen molar-refractivity contribution in [3.8, 4) is 6.07 Å². The quantitative estimate of drug-likeness (QED) is 0.481. The molecule has 1 atom stereocenters. The Bertz CT molecular complexity index is 147. The molecule has 0 aromatic heterocycles. The number of nitriles is 1. The van der Waals surface area contributed by atoms with E-state index in [4.69, 9.17) is 5.26 Å². The summed E-state index contributed by atoms with van der Waals surface area (Å²) in [7, 11) is 2.01. The summed E-state index contributed by atoms with van der Waals surface area (Å²) in [6.45, 7) is 3.07. The van der Waals surface area contributed by atoms with E-state index in [0.29, 0.717) is 0 Å². The highest BCUT2D eigenvalue weighted by Crippen LogP contribution is 2.25. The molecule has 0 aromatic carbocycles. The first-order valence-electron chi connectivity index (χ1n) is 3.31. The minimum Gasteiger partial charge on any atom is -0.289 e. The van der Waals surface area contributed by atoms with E-state index in [-0.39, 0.29) is 5.54 Å². The van der Waals surface area contributed by atoms with Crippen LogP contribution in [0.25, 0.3) is 0 Å². The van der Waals surface area contributed by atoms with Gasteiger partial charge < -0.3 is 0 Å². The summed E-state index contributed by atoms with van der Waals surface area (Å²) in [5, 5.41) is 8.70. The molecule has 2 nitrogen and oxygen atoms in total. The minimum atomic E-state index is -0.167. The van der Waals surface area contributed by atoms with E-state index in [1.54, 1.807) is 0 Å². The van der Waals surface area contributed by atoms with Gasteiger partial charge in [0.2, 0.25) is 0 Å². The van der Waals surface area contributed by atoms with E-state index in [2.05, 4.69) is 11.0 Å².